The van der Waals surface area contributed by atoms with E-state index in [1.54, 1.807) is 0 Å². The minimum atomic E-state index is 0.407. The molecule has 0 radical (unpaired) electrons. The van der Waals surface area contributed by atoms with E-state index < -0.39 is 0 Å². The van der Waals surface area contributed by atoms with E-state index in [-0.39, 0.29) is 0 Å². The Balaban J connectivity index is 2.36. The first kappa shape index (κ1) is 14.4. The van der Waals surface area contributed by atoms with Gasteiger partial charge in [0.2, 0.25) is 0 Å². The largest absolute Gasteiger partial charge is 0.313 e. The van der Waals surface area contributed by atoms with Crippen molar-refractivity contribution >= 4 is 11.8 Å². The van der Waals surface area contributed by atoms with Gasteiger partial charge in [0.15, 0.2) is 0 Å². The third-order valence-electron chi connectivity index (χ3n) is 3.32. The molecule has 0 amide bonds. The molecular formula is C14H29NS. The lowest BCUT2D eigenvalue weighted by Gasteiger charge is -2.28. The lowest BCUT2D eigenvalue weighted by atomic mass is 9.99. The first-order chi connectivity index (χ1) is 7.53. The average molecular weight is 243 g/mol. The smallest absolute Gasteiger partial charge is 0.0186 e. The molecule has 1 atom stereocenters. The highest BCUT2D eigenvalue weighted by molar-refractivity contribution is 8.00. The fourth-order valence-corrected chi connectivity index (χ4v) is 3.46. The first-order valence-electron chi connectivity index (χ1n) is 6.90. The molecule has 1 N–H and O–H groups in total. The zero-order valence-electron chi connectivity index (χ0n) is 11.5. The molecule has 1 saturated carbocycles. The fourth-order valence-electron chi connectivity index (χ4n) is 2.39. The summed E-state index contributed by atoms with van der Waals surface area (Å²) in [6.45, 7) is 10.4. The molecular weight excluding hydrogens is 214 g/mol. The van der Waals surface area contributed by atoms with Crippen LogP contribution in [0.5, 0.6) is 0 Å². The SMILES string of the molecule is CCCNC(CSC(C)(C)C)C1CCCC1. The Morgan fingerprint density at radius 3 is 2.38 bits per heavy atom. The van der Waals surface area contributed by atoms with Gasteiger partial charge in [-0.1, -0.05) is 40.5 Å². The van der Waals surface area contributed by atoms with E-state index in [2.05, 4.69) is 44.8 Å². The predicted octanol–water partition coefficient (Wildman–Crippen LogP) is 4.08. The molecule has 0 heterocycles. The summed E-state index contributed by atoms with van der Waals surface area (Å²) in [4.78, 5) is 0. The maximum atomic E-state index is 3.76. The van der Waals surface area contributed by atoms with Gasteiger partial charge < -0.3 is 5.32 Å². The van der Waals surface area contributed by atoms with Crippen molar-refractivity contribution < 1.29 is 0 Å². The van der Waals surface area contributed by atoms with Crippen LogP contribution in [0.3, 0.4) is 0 Å². The normalized spacial score (nSPS) is 20.2. The second-order valence-electron chi connectivity index (χ2n) is 6.03. The fraction of sp³-hybridized carbons (Fsp3) is 1.00. The van der Waals surface area contributed by atoms with E-state index >= 15 is 0 Å². The number of thioether (sulfide) groups is 1. The lowest BCUT2D eigenvalue weighted by Crippen LogP contribution is -2.38. The van der Waals surface area contributed by atoms with Gasteiger partial charge in [0.1, 0.15) is 0 Å². The Kier molecular flexibility index (Phi) is 6.20. The van der Waals surface area contributed by atoms with Crippen LogP contribution in [0.25, 0.3) is 0 Å². The summed E-state index contributed by atoms with van der Waals surface area (Å²) in [5.74, 6) is 2.23. The van der Waals surface area contributed by atoms with Crippen LogP contribution in [0.2, 0.25) is 0 Å². The molecule has 1 unspecified atom stereocenters. The van der Waals surface area contributed by atoms with Crippen molar-refractivity contribution in [2.24, 2.45) is 5.92 Å². The predicted molar refractivity (Wildman–Crippen MR) is 76.3 cm³/mol. The zero-order chi connectivity index (χ0) is 12.0. The summed E-state index contributed by atoms with van der Waals surface area (Å²) >= 11 is 2.12. The number of rotatable bonds is 6. The van der Waals surface area contributed by atoms with E-state index in [0.717, 1.165) is 12.0 Å². The van der Waals surface area contributed by atoms with E-state index in [1.807, 2.05) is 0 Å². The third-order valence-corrected chi connectivity index (χ3v) is 4.71. The molecule has 2 heteroatoms. The van der Waals surface area contributed by atoms with Gasteiger partial charge in [-0.15, -0.1) is 0 Å². The summed E-state index contributed by atoms with van der Waals surface area (Å²) in [5, 5.41) is 3.76. The van der Waals surface area contributed by atoms with Crippen LogP contribution in [0.4, 0.5) is 0 Å². The molecule has 1 nitrogen and oxygen atoms in total. The molecule has 1 fully saturated rings. The summed E-state index contributed by atoms with van der Waals surface area (Å²) in [5.41, 5.74) is 0. The Morgan fingerprint density at radius 1 is 1.25 bits per heavy atom. The number of hydrogen-bond acceptors (Lipinski definition) is 2. The highest BCUT2D eigenvalue weighted by Crippen LogP contribution is 2.32. The summed E-state index contributed by atoms with van der Waals surface area (Å²) in [7, 11) is 0. The minimum Gasteiger partial charge on any atom is -0.313 e. The second-order valence-corrected chi connectivity index (χ2v) is 7.88. The van der Waals surface area contributed by atoms with Gasteiger partial charge in [-0.25, -0.2) is 0 Å². The number of nitrogens with one attached hydrogen (secondary N) is 1. The van der Waals surface area contributed by atoms with Gasteiger partial charge in [-0.3, -0.25) is 0 Å². The molecule has 1 aliphatic carbocycles. The quantitative estimate of drug-likeness (QED) is 0.754. The van der Waals surface area contributed by atoms with Crippen molar-refractivity contribution in [3.63, 3.8) is 0 Å². The summed E-state index contributed by atoms with van der Waals surface area (Å²) in [6, 6.07) is 0.756. The van der Waals surface area contributed by atoms with Crippen LogP contribution in [-0.2, 0) is 0 Å². The van der Waals surface area contributed by atoms with Crippen molar-refractivity contribution in [3.05, 3.63) is 0 Å². The molecule has 96 valence electrons. The third kappa shape index (κ3) is 5.58. The van der Waals surface area contributed by atoms with Crippen LogP contribution in [0.15, 0.2) is 0 Å². The Bertz CT molecular complexity index is 180. The number of hydrogen-bond donors (Lipinski definition) is 1. The summed E-state index contributed by atoms with van der Waals surface area (Å²) in [6.07, 6.45) is 7.06. The minimum absolute atomic E-state index is 0.407. The second kappa shape index (κ2) is 6.90. The first-order valence-corrected chi connectivity index (χ1v) is 7.89. The lowest BCUT2D eigenvalue weighted by molar-refractivity contribution is 0.387. The highest BCUT2D eigenvalue weighted by atomic mass is 32.2. The van der Waals surface area contributed by atoms with E-state index in [4.69, 9.17) is 0 Å². The molecule has 16 heavy (non-hydrogen) atoms. The van der Waals surface area contributed by atoms with Crippen molar-refractivity contribution in [2.75, 3.05) is 12.3 Å². The van der Waals surface area contributed by atoms with Crippen LogP contribution < -0.4 is 5.32 Å². The molecule has 0 aliphatic heterocycles. The van der Waals surface area contributed by atoms with Crippen molar-refractivity contribution in [1.29, 1.82) is 0 Å². The van der Waals surface area contributed by atoms with Gasteiger partial charge in [-0.05, 0) is 31.7 Å². The Morgan fingerprint density at radius 2 is 1.88 bits per heavy atom. The van der Waals surface area contributed by atoms with Crippen LogP contribution in [-0.4, -0.2) is 23.1 Å². The molecule has 1 rings (SSSR count). The maximum Gasteiger partial charge on any atom is 0.0186 e. The Labute approximate surface area is 106 Å². The van der Waals surface area contributed by atoms with Gasteiger partial charge >= 0.3 is 0 Å². The van der Waals surface area contributed by atoms with Gasteiger partial charge in [0, 0.05) is 16.5 Å². The van der Waals surface area contributed by atoms with E-state index in [0.29, 0.717) is 4.75 Å². The molecule has 0 aromatic carbocycles. The van der Waals surface area contributed by atoms with Crippen molar-refractivity contribution in [1.82, 2.24) is 5.32 Å². The molecule has 1 aliphatic rings. The topological polar surface area (TPSA) is 12.0 Å². The molecule has 0 aromatic rings. The zero-order valence-corrected chi connectivity index (χ0v) is 12.3. The van der Waals surface area contributed by atoms with Crippen LogP contribution in [0, 0.1) is 5.92 Å². The van der Waals surface area contributed by atoms with Crippen molar-refractivity contribution in [3.8, 4) is 0 Å². The van der Waals surface area contributed by atoms with Crippen LogP contribution >= 0.6 is 11.8 Å². The Hall–Kier alpha value is 0.310. The molecule has 0 aromatic heterocycles. The van der Waals surface area contributed by atoms with Gasteiger partial charge in [0.25, 0.3) is 0 Å². The van der Waals surface area contributed by atoms with E-state index in [9.17, 15) is 0 Å². The standard InChI is InChI=1S/C14H29NS/c1-5-10-15-13(11-16-14(2,3)4)12-8-6-7-9-12/h12-13,15H,5-11H2,1-4H3. The monoisotopic (exact) mass is 243 g/mol. The van der Waals surface area contributed by atoms with Gasteiger partial charge in [0.05, 0.1) is 0 Å². The summed E-state index contributed by atoms with van der Waals surface area (Å²) < 4.78 is 0.407. The highest BCUT2D eigenvalue weighted by Gasteiger charge is 2.25. The van der Waals surface area contributed by atoms with Crippen LogP contribution in [0.1, 0.15) is 59.8 Å². The molecule has 0 saturated heterocycles. The molecule has 0 spiro atoms. The van der Waals surface area contributed by atoms with Gasteiger partial charge in [-0.2, -0.15) is 11.8 Å². The maximum absolute atomic E-state index is 3.76. The van der Waals surface area contributed by atoms with Crippen molar-refractivity contribution in [2.45, 2.75) is 70.6 Å². The average Bonchev–Trinajstić information content (AvgIpc) is 2.69. The van der Waals surface area contributed by atoms with E-state index in [1.165, 1.54) is 44.4 Å². The molecule has 0 bridgehead atoms.